The zero-order chi connectivity index (χ0) is 23.5. The van der Waals surface area contributed by atoms with Crippen molar-refractivity contribution in [3.63, 3.8) is 0 Å². The lowest BCUT2D eigenvalue weighted by Gasteiger charge is -2.30. The second kappa shape index (κ2) is 9.84. The highest BCUT2D eigenvalue weighted by Gasteiger charge is 2.32. The Morgan fingerprint density at radius 2 is 1.76 bits per heavy atom. The van der Waals surface area contributed by atoms with Crippen LogP contribution in [0.3, 0.4) is 0 Å². The maximum atomic E-state index is 13.2. The quantitative estimate of drug-likeness (QED) is 0.584. The summed E-state index contributed by atoms with van der Waals surface area (Å²) in [6, 6.07) is 13.0. The molecule has 1 saturated heterocycles. The molecule has 180 valence electrons. The van der Waals surface area contributed by atoms with Crippen LogP contribution in [0.1, 0.15) is 43.8 Å². The minimum absolute atomic E-state index is 0.00152. The Balaban J connectivity index is 1.14. The number of carbonyl (C=O) groups excluding carboxylic acids is 1. The Bertz CT molecular complexity index is 1280. The first kappa shape index (κ1) is 23.0. The maximum absolute atomic E-state index is 13.2. The molecule has 2 aliphatic heterocycles. The maximum Gasteiger partial charge on any atom is 0.243 e. The fraction of sp³-hybridized carbons (Fsp3) is 0.480. The number of carbonyl (C=O) groups is 1. The first-order chi connectivity index (χ1) is 16.5. The average Bonchev–Trinajstić information content (AvgIpc) is 3.09. The van der Waals surface area contributed by atoms with Gasteiger partial charge in [-0.1, -0.05) is 36.8 Å². The van der Waals surface area contributed by atoms with E-state index in [0.717, 1.165) is 48.2 Å². The second-order valence-electron chi connectivity index (χ2n) is 9.22. The molecule has 0 radical (unpaired) electrons. The molecule has 1 aromatic heterocycles. The van der Waals surface area contributed by atoms with E-state index in [9.17, 15) is 13.2 Å². The number of nitrogens with zero attached hydrogens (tertiary/aromatic N) is 4. The van der Waals surface area contributed by atoms with Crippen molar-refractivity contribution in [2.24, 2.45) is 5.92 Å². The molecule has 8 nitrogen and oxygen atoms in total. The Labute approximate surface area is 200 Å². The van der Waals surface area contributed by atoms with E-state index in [-0.39, 0.29) is 11.8 Å². The van der Waals surface area contributed by atoms with Gasteiger partial charge in [0.1, 0.15) is 11.6 Å². The first-order valence-electron chi connectivity index (χ1n) is 12.2. The third-order valence-corrected chi connectivity index (χ3v) is 8.91. The predicted octanol–water partition coefficient (Wildman–Crippen LogP) is 2.92. The molecular formula is C25H31N5O3S. The lowest BCUT2D eigenvalue weighted by Crippen LogP contribution is -2.43. The number of aryl methyl sites for hydroxylation is 1. The molecule has 0 saturated carbocycles. The molecule has 2 aromatic carbocycles. The Kier molecular flexibility index (Phi) is 6.65. The molecule has 1 fully saturated rings. The van der Waals surface area contributed by atoms with E-state index in [1.165, 1.54) is 10.7 Å². The normalized spacial score (nSPS) is 17.9. The SMILES string of the molecule is O=C(NCCc1nnc2n1CCCCC2)C1CCN(S(=O)(=O)c2ccc3ccccc3c2)CC1. The van der Waals surface area contributed by atoms with Gasteiger partial charge in [0.15, 0.2) is 0 Å². The van der Waals surface area contributed by atoms with Gasteiger partial charge < -0.3 is 9.88 Å². The lowest BCUT2D eigenvalue weighted by molar-refractivity contribution is -0.126. The monoisotopic (exact) mass is 481 g/mol. The van der Waals surface area contributed by atoms with Gasteiger partial charge in [0.05, 0.1) is 4.90 Å². The van der Waals surface area contributed by atoms with Crippen molar-refractivity contribution < 1.29 is 13.2 Å². The second-order valence-corrected chi connectivity index (χ2v) is 11.2. The van der Waals surface area contributed by atoms with Crippen LogP contribution in [0, 0.1) is 5.92 Å². The summed E-state index contributed by atoms with van der Waals surface area (Å²) < 4.78 is 30.0. The number of aromatic nitrogens is 3. The third-order valence-electron chi connectivity index (χ3n) is 7.02. The van der Waals surface area contributed by atoms with E-state index >= 15 is 0 Å². The van der Waals surface area contributed by atoms with Crippen LogP contribution in [0.25, 0.3) is 10.8 Å². The van der Waals surface area contributed by atoms with Crippen LogP contribution in [-0.4, -0.2) is 53.0 Å². The molecule has 0 spiro atoms. The minimum Gasteiger partial charge on any atom is -0.355 e. The van der Waals surface area contributed by atoms with Crippen molar-refractivity contribution in [1.82, 2.24) is 24.4 Å². The number of hydrogen-bond acceptors (Lipinski definition) is 5. The van der Waals surface area contributed by atoms with Crippen LogP contribution in [-0.2, 0) is 34.2 Å². The van der Waals surface area contributed by atoms with Gasteiger partial charge in [0.2, 0.25) is 15.9 Å². The number of benzene rings is 2. The highest BCUT2D eigenvalue weighted by molar-refractivity contribution is 7.89. The van der Waals surface area contributed by atoms with Crippen molar-refractivity contribution in [2.75, 3.05) is 19.6 Å². The molecule has 9 heteroatoms. The Morgan fingerprint density at radius 1 is 0.971 bits per heavy atom. The van der Waals surface area contributed by atoms with Crippen LogP contribution in [0.4, 0.5) is 0 Å². The summed E-state index contributed by atoms with van der Waals surface area (Å²) in [7, 11) is -3.58. The van der Waals surface area contributed by atoms with Crippen LogP contribution >= 0.6 is 0 Å². The van der Waals surface area contributed by atoms with Gasteiger partial charge in [-0.25, -0.2) is 8.42 Å². The molecule has 3 aromatic rings. The number of piperidine rings is 1. The number of fused-ring (bicyclic) bond motifs is 2. The number of sulfonamides is 1. The van der Waals surface area contributed by atoms with E-state index in [2.05, 4.69) is 20.1 Å². The minimum atomic E-state index is -3.58. The number of hydrogen-bond donors (Lipinski definition) is 1. The van der Waals surface area contributed by atoms with E-state index in [1.54, 1.807) is 12.1 Å². The van der Waals surface area contributed by atoms with Crippen LogP contribution < -0.4 is 5.32 Å². The standard InChI is InChI=1S/C25H31N5O3S/c31-25(26-14-11-24-28-27-23-8-2-1-5-15-30(23)24)20-12-16-29(17-13-20)34(32,33)22-10-9-19-6-3-4-7-21(19)18-22/h3-4,6-7,9-10,18,20H,1-2,5,8,11-17H2,(H,26,31). The summed E-state index contributed by atoms with van der Waals surface area (Å²) in [4.78, 5) is 13.0. The third kappa shape index (κ3) is 4.72. The van der Waals surface area contributed by atoms with Gasteiger partial charge in [0, 0.05) is 44.9 Å². The van der Waals surface area contributed by atoms with Crippen molar-refractivity contribution in [1.29, 1.82) is 0 Å². The molecule has 5 rings (SSSR count). The van der Waals surface area contributed by atoms with E-state index in [1.807, 2.05) is 30.3 Å². The van der Waals surface area contributed by atoms with Gasteiger partial charge in [0.25, 0.3) is 0 Å². The van der Waals surface area contributed by atoms with Crippen LogP contribution in [0.5, 0.6) is 0 Å². The zero-order valence-electron chi connectivity index (χ0n) is 19.3. The molecule has 1 amide bonds. The Hall–Kier alpha value is -2.78. The molecule has 0 atom stereocenters. The summed E-state index contributed by atoms with van der Waals surface area (Å²) in [5.41, 5.74) is 0. The van der Waals surface area contributed by atoms with Gasteiger partial charge in [-0.15, -0.1) is 10.2 Å². The summed E-state index contributed by atoms with van der Waals surface area (Å²) in [5.74, 6) is 1.82. The summed E-state index contributed by atoms with van der Waals surface area (Å²) in [6.07, 6.45) is 6.20. The summed E-state index contributed by atoms with van der Waals surface area (Å²) in [6.45, 7) is 2.18. The van der Waals surface area contributed by atoms with Crippen LogP contribution in [0.15, 0.2) is 47.4 Å². The summed E-state index contributed by atoms with van der Waals surface area (Å²) >= 11 is 0. The predicted molar refractivity (Wildman–Crippen MR) is 130 cm³/mol. The van der Waals surface area contributed by atoms with E-state index < -0.39 is 10.0 Å². The first-order valence-corrected chi connectivity index (χ1v) is 13.6. The van der Waals surface area contributed by atoms with Gasteiger partial charge in [-0.05, 0) is 48.6 Å². The fourth-order valence-electron chi connectivity index (χ4n) is 5.01. The molecule has 0 aliphatic carbocycles. The topological polar surface area (TPSA) is 97.2 Å². The molecule has 3 heterocycles. The van der Waals surface area contributed by atoms with Crippen molar-refractivity contribution in [3.05, 3.63) is 54.1 Å². The zero-order valence-corrected chi connectivity index (χ0v) is 20.1. The van der Waals surface area contributed by atoms with E-state index in [0.29, 0.717) is 43.8 Å². The van der Waals surface area contributed by atoms with Gasteiger partial charge in [-0.3, -0.25) is 4.79 Å². The number of rotatable bonds is 6. The lowest BCUT2D eigenvalue weighted by atomic mass is 9.97. The largest absolute Gasteiger partial charge is 0.355 e. The molecule has 0 unspecified atom stereocenters. The average molecular weight is 482 g/mol. The highest BCUT2D eigenvalue weighted by Crippen LogP contribution is 2.26. The number of nitrogens with one attached hydrogen (secondary N) is 1. The fourth-order valence-corrected chi connectivity index (χ4v) is 6.51. The molecule has 1 N–H and O–H groups in total. The Morgan fingerprint density at radius 3 is 2.59 bits per heavy atom. The molecule has 0 bridgehead atoms. The van der Waals surface area contributed by atoms with Gasteiger partial charge in [-0.2, -0.15) is 4.31 Å². The van der Waals surface area contributed by atoms with Crippen molar-refractivity contribution in [3.8, 4) is 0 Å². The van der Waals surface area contributed by atoms with E-state index in [4.69, 9.17) is 0 Å². The van der Waals surface area contributed by atoms with Crippen molar-refractivity contribution in [2.45, 2.75) is 56.4 Å². The smallest absolute Gasteiger partial charge is 0.243 e. The highest BCUT2D eigenvalue weighted by atomic mass is 32.2. The van der Waals surface area contributed by atoms with Gasteiger partial charge >= 0.3 is 0 Å². The molecular weight excluding hydrogens is 450 g/mol. The van der Waals surface area contributed by atoms with Crippen molar-refractivity contribution >= 4 is 26.7 Å². The number of amides is 1. The van der Waals surface area contributed by atoms with Crippen LogP contribution in [0.2, 0.25) is 0 Å². The molecule has 34 heavy (non-hydrogen) atoms. The molecule has 2 aliphatic rings. The summed E-state index contributed by atoms with van der Waals surface area (Å²) in [5, 5.41) is 13.6.